The van der Waals surface area contributed by atoms with Crippen molar-refractivity contribution in [2.24, 2.45) is 14.1 Å². The topological polar surface area (TPSA) is 94.7 Å². The summed E-state index contributed by atoms with van der Waals surface area (Å²) in [5.41, 5.74) is 1.80. The van der Waals surface area contributed by atoms with Crippen molar-refractivity contribution in [3.05, 3.63) is 16.0 Å². The van der Waals surface area contributed by atoms with Crippen LogP contribution in [-0.2, 0) is 24.1 Å². The molecule has 0 unspecified atom stereocenters. The van der Waals surface area contributed by atoms with Crippen molar-refractivity contribution in [1.29, 1.82) is 0 Å². The molecule has 2 aromatic heterocycles. The number of sulfonamides is 1. The van der Waals surface area contributed by atoms with Crippen LogP contribution in [0.3, 0.4) is 0 Å². The molecule has 0 aliphatic carbocycles. The van der Waals surface area contributed by atoms with Gasteiger partial charge in [-0.15, -0.1) is 5.10 Å². The predicted octanol–water partition coefficient (Wildman–Crippen LogP) is 0.729. The second kappa shape index (κ2) is 4.60. The molecule has 0 radical (unpaired) electrons. The number of halogens is 1. The third-order valence-electron chi connectivity index (χ3n) is 2.74. The van der Waals surface area contributed by atoms with Crippen molar-refractivity contribution in [3.63, 3.8) is 0 Å². The summed E-state index contributed by atoms with van der Waals surface area (Å²) in [5.74, 6) is 0. The number of aryl methyl sites for hydroxylation is 3. The fraction of sp³-hybridized carbons (Fsp3) is 0.444. The minimum absolute atomic E-state index is 0.0323. The molecular weight excluding hydrogens is 336 g/mol. The lowest BCUT2D eigenvalue weighted by atomic mass is 10.3. The molecule has 0 spiro atoms. The van der Waals surface area contributed by atoms with Gasteiger partial charge in [0, 0.05) is 14.1 Å². The van der Waals surface area contributed by atoms with E-state index in [-0.39, 0.29) is 9.63 Å². The molecule has 2 heterocycles. The van der Waals surface area contributed by atoms with Crippen LogP contribution in [-0.4, -0.2) is 33.2 Å². The minimum Gasteiger partial charge on any atom is -0.275 e. The summed E-state index contributed by atoms with van der Waals surface area (Å²) < 4.78 is 30.2. The lowest BCUT2D eigenvalue weighted by molar-refractivity contribution is 0.578. The van der Waals surface area contributed by atoms with Crippen LogP contribution in [0.2, 0.25) is 0 Å². The first kappa shape index (κ1) is 14.0. The summed E-state index contributed by atoms with van der Waals surface area (Å²) in [7, 11) is -0.514. The minimum atomic E-state index is -3.78. The summed E-state index contributed by atoms with van der Waals surface area (Å²) in [4.78, 5) is 0. The second-order valence-corrected chi connectivity index (χ2v) is 6.43. The van der Waals surface area contributed by atoms with E-state index in [0.29, 0.717) is 11.4 Å². The third-order valence-corrected chi connectivity index (χ3v) is 4.97. The van der Waals surface area contributed by atoms with Gasteiger partial charge in [-0.1, -0.05) is 5.21 Å². The summed E-state index contributed by atoms with van der Waals surface area (Å²) in [5, 5.41) is 11.4. The van der Waals surface area contributed by atoms with Gasteiger partial charge in [-0.05, 0) is 29.8 Å². The maximum Gasteiger partial charge on any atom is 0.282 e. The van der Waals surface area contributed by atoms with Crippen molar-refractivity contribution >= 4 is 31.6 Å². The van der Waals surface area contributed by atoms with E-state index in [0.717, 1.165) is 5.69 Å². The zero-order valence-electron chi connectivity index (χ0n) is 10.8. The van der Waals surface area contributed by atoms with Crippen molar-refractivity contribution in [3.8, 4) is 0 Å². The molecule has 0 saturated heterocycles. The van der Waals surface area contributed by atoms with E-state index in [1.165, 1.54) is 11.7 Å². The highest BCUT2D eigenvalue weighted by atomic mass is 79.9. The van der Waals surface area contributed by atoms with Gasteiger partial charge >= 0.3 is 0 Å². The number of aromatic nitrogens is 5. The van der Waals surface area contributed by atoms with Gasteiger partial charge in [-0.3, -0.25) is 9.40 Å². The molecule has 8 nitrogen and oxygen atoms in total. The van der Waals surface area contributed by atoms with Crippen LogP contribution in [0.15, 0.2) is 9.63 Å². The number of nitrogens with zero attached hydrogens (tertiary/aromatic N) is 5. The molecule has 0 aromatic carbocycles. The van der Waals surface area contributed by atoms with Crippen LogP contribution in [0, 0.1) is 13.8 Å². The molecule has 0 bridgehead atoms. The average Bonchev–Trinajstić information content (AvgIpc) is 2.74. The van der Waals surface area contributed by atoms with Crippen LogP contribution in [0.1, 0.15) is 11.4 Å². The Balaban J connectivity index is 2.48. The van der Waals surface area contributed by atoms with Crippen molar-refractivity contribution < 1.29 is 8.42 Å². The molecule has 0 aliphatic rings. The van der Waals surface area contributed by atoms with Gasteiger partial charge in [-0.25, -0.2) is 4.68 Å². The summed E-state index contributed by atoms with van der Waals surface area (Å²) in [6.07, 6.45) is 0. The van der Waals surface area contributed by atoms with Crippen LogP contribution < -0.4 is 4.72 Å². The Bertz CT molecular complexity index is 713. The normalized spacial score (nSPS) is 11.8. The second-order valence-electron chi connectivity index (χ2n) is 4.08. The number of rotatable bonds is 3. The van der Waals surface area contributed by atoms with Crippen LogP contribution in [0.25, 0.3) is 0 Å². The van der Waals surface area contributed by atoms with E-state index >= 15 is 0 Å². The van der Waals surface area contributed by atoms with Gasteiger partial charge in [0.25, 0.3) is 10.0 Å². The van der Waals surface area contributed by atoms with E-state index < -0.39 is 10.0 Å². The summed E-state index contributed by atoms with van der Waals surface area (Å²) >= 11 is 3.07. The summed E-state index contributed by atoms with van der Waals surface area (Å²) in [6.45, 7) is 3.52. The summed E-state index contributed by atoms with van der Waals surface area (Å²) in [6, 6.07) is 0. The van der Waals surface area contributed by atoms with Crippen LogP contribution in [0.4, 0.5) is 5.69 Å². The standard InChI is InChI=1S/C9H13BrN6O2S/c1-5-7(6(2)15(3)12-5)13-19(17,18)9-8(10)11-14-16(9)4/h13H,1-4H3. The lowest BCUT2D eigenvalue weighted by Crippen LogP contribution is -2.18. The maximum atomic E-state index is 12.3. The molecule has 0 aliphatic heterocycles. The van der Waals surface area contributed by atoms with Gasteiger partial charge < -0.3 is 0 Å². The van der Waals surface area contributed by atoms with E-state index in [9.17, 15) is 8.42 Å². The molecule has 2 rings (SSSR count). The Kier molecular flexibility index (Phi) is 3.39. The Morgan fingerprint density at radius 3 is 2.26 bits per heavy atom. The largest absolute Gasteiger partial charge is 0.282 e. The van der Waals surface area contributed by atoms with E-state index in [1.807, 2.05) is 0 Å². The Morgan fingerprint density at radius 1 is 1.21 bits per heavy atom. The van der Waals surface area contributed by atoms with E-state index in [1.54, 1.807) is 25.6 Å². The molecule has 104 valence electrons. The molecule has 1 N–H and O–H groups in total. The highest BCUT2D eigenvalue weighted by Crippen LogP contribution is 2.25. The van der Waals surface area contributed by atoms with Crippen LogP contribution >= 0.6 is 15.9 Å². The molecule has 19 heavy (non-hydrogen) atoms. The number of anilines is 1. The van der Waals surface area contributed by atoms with Gasteiger partial charge in [0.05, 0.1) is 17.1 Å². The highest BCUT2D eigenvalue weighted by molar-refractivity contribution is 9.10. The van der Waals surface area contributed by atoms with E-state index in [4.69, 9.17) is 0 Å². The third kappa shape index (κ3) is 2.37. The maximum absolute atomic E-state index is 12.3. The zero-order chi connectivity index (χ0) is 14.4. The Hall–Kier alpha value is -1.42. The fourth-order valence-electron chi connectivity index (χ4n) is 1.71. The molecule has 10 heteroatoms. The SMILES string of the molecule is Cc1nn(C)c(C)c1NS(=O)(=O)c1c(Br)nnn1C. The number of hydrogen-bond donors (Lipinski definition) is 1. The van der Waals surface area contributed by atoms with Gasteiger partial charge in [-0.2, -0.15) is 13.5 Å². The average molecular weight is 349 g/mol. The van der Waals surface area contributed by atoms with Gasteiger partial charge in [0.15, 0.2) is 4.60 Å². The number of hydrogen-bond acceptors (Lipinski definition) is 5. The molecule has 0 fully saturated rings. The molecule has 0 saturated carbocycles. The van der Waals surface area contributed by atoms with Crippen molar-refractivity contribution in [2.75, 3.05) is 4.72 Å². The first-order valence-corrected chi connectivity index (χ1v) is 7.60. The number of nitrogens with one attached hydrogen (secondary N) is 1. The molecular formula is C9H13BrN6O2S. The molecule has 0 amide bonds. The Morgan fingerprint density at radius 2 is 1.84 bits per heavy atom. The van der Waals surface area contributed by atoms with Crippen molar-refractivity contribution in [2.45, 2.75) is 18.9 Å². The quantitative estimate of drug-likeness (QED) is 0.882. The van der Waals surface area contributed by atoms with Gasteiger partial charge in [0.1, 0.15) is 0 Å². The fourth-order valence-corrected chi connectivity index (χ4v) is 3.99. The smallest absolute Gasteiger partial charge is 0.275 e. The zero-order valence-corrected chi connectivity index (χ0v) is 13.2. The monoisotopic (exact) mass is 348 g/mol. The first-order valence-electron chi connectivity index (χ1n) is 5.32. The van der Waals surface area contributed by atoms with E-state index in [2.05, 4.69) is 36.1 Å². The van der Waals surface area contributed by atoms with Crippen LogP contribution in [0.5, 0.6) is 0 Å². The lowest BCUT2D eigenvalue weighted by Gasteiger charge is -2.08. The molecule has 2 aromatic rings. The molecule has 0 atom stereocenters. The van der Waals surface area contributed by atoms with Crippen molar-refractivity contribution in [1.82, 2.24) is 24.8 Å². The Labute approximate surface area is 119 Å². The first-order chi connectivity index (χ1) is 8.74. The van der Waals surface area contributed by atoms with Gasteiger partial charge in [0.2, 0.25) is 5.03 Å². The predicted molar refractivity (Wildman–Crippen MR) is 72.2 cm³/mol. The highest BCUT2D eigenvalue weighted by Gasteiger charge is 2.26.